The lowest BCUT2D eigenvalue weighted by molar-refractivity contribution is 0.0682. The number of nitrogens with one attached hydrogen (secondary N) is 2. The first-order chi connectivity index (χ1) is 16.9. The summed E-state index contributed by atoms with van der Waals surface area (Å²) in [6.45, 7) is 6.47. The molecule has 1 aromatic carbocycles. The highest BCUT2D eigenvalue weighted by atomic mass is 32.1. The number of aromatic nitrogens is 2. The summed E-state index contributed by atoms with van der Waals surface area (Å²) in [5.74, 6) is -0.0478. The highest BCUT2D eigenvalue weighted by Gasteiger charge is 2.30. The fraction of sp³-hybridized carbons (Fsp3) is 0.346. The van der Waals surface area contributed by atoms with Crippen LogP contribution in [0.3, 0.4) is 0 Å². The van der Waals surface area contributed by atoms with Crippen LogP contribution in [0, 0.1) is 6.92 Å². The lowest BCUT2D eigenvalue weighted by atomic mass is 10.2. The molecule has 0 bridgehead atoms. The number of likely N-dealkylation sites (tertiary alicyclic amines) is 1. The van der Waals surface area contributed by atoms with E-state index in [1.807, 2.05) is 57.2 Å². The normalized spacial score (nSPS) is 15.9. The number of anilines is 2. The smallest absolute Gasteiger partial charge is 0.326 e. The number of carbonyl (C=O) groups is 2. The number of benzene rings is 1. The van der Waals surface area contributed by atoms with E-state index in [0.717, 1.165) is 51.0 Å². The maximum Gasteiger partial charge on any atom is 0.326 e. The largest absolute Gasteiger partial charge is 0.394 e. The first kappa shape index (κ1) is 23.3. The van der Waals surface area contributed by atoms with Crippen LogP contribution in [0.4, 0.5) is 16.2 Å². The Hall–Kier alpha value is -3.43. The van der Waals surface area contributed by atoms with E-state index in [-0.39, 0.29) is 30.6 Å². The molecule has 4 heterocycles. The van der Waals surface area contributed by atoms with E-state index in [9.17, 15) is 14.7 Å². The van der Waals surface area contributed by atoms with E-state index in [4.69, 9.17) is 0 Å². The van der Waals surface area contributed by atoms with Gasteiger partial charge in [0.1, 0.15) is 0 Å². The second-order valence-corrected chi connectivity index (χ2v) is 10.3. The molecule has 1 atom stereocenters. The summed E-state index contributed by atoms with van der Waals surface area (Å²) in [7, 11) is 0. The summed E-state index contributed by atoms with van der Waals surface area (Å²) in [6.07, 6.45) is 3.48. The van der Waals surface area contributed by atoms with Gasteiger partial charge >= 0.3 is 6.03 Å². The van der Waals surface area contributed by atoms with Crippen molar-refractivity contribution in [3.8, 4) is 0 Å². The molecular weight excluding hydrogens is 462 g/mol. The number of nitrogens with zero attached hydrogens (tertiary/aromatic N) is 3. The predicted octanol–water partition coefficient (Wildman–Crippen LogP) is 4.87. The number of hydrogen-bond acceptors (Lipinski definition) is 6. The zero-order valence-electron chi connectivity index (χ0n) is 20.0. The zero-order chi connectivity index (χ0) is 24.7. The molecule has 35 heavy (non-hydrogen) atoms. The Morgan fingerprint density at radius 3 is 2.83 bits per heavy atom. The number of fused-ring (bicyclic) bond motifs is 2. The van der Waals surface area contributed by atoms with Crippen molar-refractivity contribution in [2.24, 2.45) is 0 Å². The standard InChI is InChI=1S/C26H29N5O3S/c1-15(2)28-26(34)31-16(3)11-17-12-18(6-7-22(17)31)29-20-8-9-27-21-13-23(35-24(20)21)25(33)30-10-4-5-19(30)14-32/h6-9,11-13,15,19,32H,4-5,10,14H2,1-3H3,(H,27,29)(H,28,34)/t19-/m0/s1. The molecule has 182 valence electrons. The second kappa shape index (κ2) is 9.31. The van der Waals surface area contributed by atoms with Crippen LogP contribution < -0.4 is 10.6 Å². The summed E-state index contributed by atoms with van der Waals surface area (Å²) < 4.78 is 2.60. The molecular formula is C26H29N5O3S. The molecule has 3 aromatic heterocycles. The third kappa shape index (κ3) is 4.37. The molecule has 2 amide bonds. The van der Waals surface area contributed by atoms with Gasteiger partial charge in [0.25, 0.3) is 5.91 Å². The molecule has 9 heteroatoms. The van der Waals surface area contributed by atoms with Gasteiger partial charge in [-0.3, -0.25) is 14.3 Å². The minimum atomic E-state index is -0.138. The Bertz CT molecular complexity index is 1420. The number of rotatable bonds is 5. The van der Waals surface area contributed by atoms with Crippen LogP contribution in [0.15, 0.2) is 42.6 Å². The highest BCUT2D eigenvalue weighted by Crippen LogP contribution is 2.35. The number of aliphatic hydroxyl groups is 1. The number of amides is 2. The molecule has 3 N–H and O–H groups in total. The lowest BCUT2D eigenvalue weighted by Gasteiger charge is -2.22. The average molecular weight is 492 g/mol. The molecule has 0 saturated carbocycles. The van der Waals surface area contributed by atoms with E-state index in [1.165, 1.54) is 11.3 Å². The van der Waals surface area contributed by atoms with Crippen molar-refractivity contribution < 1.29 is 14.7 Å². The van der Waals surface area contributed by atoms with Gasteiger partial charge in [-0.25, -0.2) is 4.79 Å². The maximum atomic E-state index is 13.1. The third-order valence-corrected chi connectivity index (χ3v) is 7.50. The van der Waals surface area contributed by atoms with E-state index in [0.29, 0.717) is 11.4 Å². The summed E-state index contributed by atoms with van der Waals surface area (Å²) >= 11 is 1.42. The van der Waals surface area contributed by atoms with Gasteiger partial charge in [0.15, 0.2) is 0 Å². The average Bonchev–Trinajstić information content (AvgIpc) is 3.54. The monoisotopic (exact) mass is 491 g/mol. The molecule has 1 aliphatic heterocycles. The minimum Gasteiger partial charge on any atom is -0.394 e. The molecule has 8 nitrogen and oxygen atoms in total. The summed E-state index contributed by atoms with van der Waals surface area (Å²) in [6, 6.07) is 11.4. The molecule has 5 rings (SSSR count). The number of pyridine rings is 1. The molecule has 0 spiro atoms. The predicted molar refractivity (Wildman–Crippen MR) is 140 cm³/mol. The zero-order valence-corrected chi connectivity index (χ0v) is 20.9. The van der Waals surface area contributed by atoms with Crippen LogP contribution in [0.2, 0.25) is 0 Å². The number of hydrogen-bond donors (Lipinski definition) is 3. The van der Waals surface area contributed by atoms with Crippen molar-refractivity contribution in [3.63, 3.8) is 0 Å². The van der Waals surface area contributed by atoms with Gasteiger partial charge in [-0.15, -0.1) is 11.3 Å². The van der Waals surface area contributed by atoms with Crippen molar-refractivity contribution >= 4 is 55.8 Å². The molecule has 1 aliphatic rings. The van der Waals surface area contributed by atoms with E-state index in [1.54, 1.807) is 15.7 Å². The van der Waals surface area contributed by atoms with Gasteiger partial charge in [-0.2, -0.15) is 0 Å². The van der Waals surface area contributed by atoms with Gasteiger partial charge in [-0.05, 0) is 70.0 Å². The molecule has 4 aromatic rings. The lowest BCUT2D eigenvalue weighted by Crippen LogP contribution is -2.37. The van der Waals surface area contributed by atoms with E-state index < -0.39 is 0 Å². The molecule has 0 aliphatic carbocycles. The fourth-order valence-corrected chi connectivity index (χ4v) is 5.78. The SMILES string of the molecule is Cc1cc2cc(Nc3ccnc4cc(C(=O)N5CCC[C@H]5CO)sc34)ccc2n1C(=O)NC(C)C. The van der Waals surface area contributed by atoms with Crippen LogP contribution in [0.5, 0.6) is 0 Å². The summed E-state index contributed by atoms with van der Waals surface area (Å²) in [5.41, 5.74) is 4.22. The minimum absolute atomic E-state index is 0.00943. The van der Waals surface area contributed by atoms with Crippen LogP contribution in [0.1, 0.15) is 42.1 Å². The Balaban J connectivity index is 1.44. The Morgan fingerprint density at radius 1 is 1.23 bits per heavy atom. The maximum absolute atomic E-state index is 13.1. The topological polar surface area (TPSA) is 99.5 Å². The number of thiophene rings is 1. The van der Waals surface area contributed by atoms with Crippen molar-refractivity contribution in [2.75, 3.05) is 18.5 Å². The van der Waals surface area contributed by atoms with Crippen molar-refractivity contribution in [1.82, 2.24) is 19.8 Å². The van der Waals surface area contributed by atoms with Crippen molar-refractivity contribution in [2.45, 2.75) is 45.7 Å². The molecule has 0 radical (unpaired) electrons. The van der Waals surface area contributed by atoms with E-state index >= 15 is 0 Å². The van der Waals surface area contributed by atoms with Crippen LogP contribution >= 0.6 is 11.3 Å². The number of carbonyl (C=O) groups excluding carboxylic acids is 2. The molecule has 1 fully saturated rings. The van der Waals surface area contributed by atoms with Gasteiger partial charge in [0.05, 0.1) is 38.9 Å². The van der Waals surface area contributed by atoms with Crippen molar-refractivity contribution in [1.29, 1.82) is 0 Å². The Morgan fingerprint density at radius 2 is 2.06 bits per heavy atom. The number of aryl methyl sites for hydroxylation is 1. The highest BCUT2D eigenvalue weighted by molar-refractivity contribution is 7.21. The molecule has 1 saturated heterocycles. The van der Waals surface area contributed by atoms with E-state index in [2.05, 4.69) is 15.6 Å². The van der Waals surface area contributed by atoms with Gasteiger partial charge < -0.3 is 20.6 Å². The second-order valence-electron chi connectivity index (χ2n) is 9.28. The van der Waals surface area contributed by atoms with Crippen LogP contribution in [0.25, 0.3) is 21.1 Å². The summed E-state index contributed by atoms with van der Waals surface area (Å²) in [4.78, 5) is 32.6. The Kier molecular flexibility index (Phi) is 6.21. The number of aliphatic hydroxyl groups excluding tert-OH is 1. The van der Waals surface area contributed by atoms with Crippen LogP contribution in [-0.2, 0) is 0 Å². The van der Waals surface area contributed by atoms with Crippen LogP contribution in [-0.4, -0.2) is 56.7 Å². The third-order valence-electron chi connectivity index (χ3n) is 6.35. The summed E-state index contributed by atoms with van der Waals surface area (Å²) in [5, 5.41) is 17.0. The van der Waals surface area contributed by atoms with Gasteiger partial charge in [0.2, 0.25) is 0 Å². The first-order valence-corrected chi connectivity index (χ1v) is 12.7. The Labute approximate surface area is 207 Å². The van der Waals surface area contributed by atoms with Gasteiger partial charge in [-0.1, -0.05) is 0 Å². The quantitative estimate of drug-likeness (QED) is 0.370. The molecule has 0 unspecified atom stereocenters. The first-order valence-electron chi connectivity index (χ1n) is 11.9. The van der Waals surface area contributed by atoms with Crippen molar-refractivity contribution in [3.05, 3.63) is 53.2 Å². The van der Waals surface area contributed by atoms with Gasteiger partial charge in [0, 0.05) is 35.6 Å². The fourth-order valence-electron chi connectivity index (χ4n) is 4.74.